The van der Waals surface area contributed by atoms with Crippen molar-refractivity contribution in [3.63, 3.8) is 0 Å². The predicted octanol–water partition coefficient (Wildman–Crippen LogP) is 7.08. The van der Waals surface area contributed by atoms with E-state index in [1.165, 1.54) is 0 Å². The predicted molar refractivity (Wildman–Crippen MR) is 170 cm³/mol. The van der Waals surface area contributed by atoms with E-state index >= 15 is 0 Å². The molecule has 3 aromatic rings. The van der Waals surface area contributed by atoms with Crippen molar-refractivity contribution < 1.29 is 22.6 Å². The molecule has 1 fully saturated rings. The van der Waals surface area contributed by atoms with Crippen LogP contribution in [0.25, 0.3) is 0 Å². The topological polar surface area (TPSA) is 79.7 Å². The fourth-order valence-electron chi connectivity index (χ4n) is 5.31. The molecule has 0 N–H and O–H groups in total. The highest BCUT2D eigenvalue weighted by molar-refractivity contribution is 7.92. The molecular formula is C33H48N2O5SSi. The number of benzene rings is 2. The summed E-state index contributed by atoms with van der Waals surface area (Å²) in [4.78, 5) is 0.365. The van der Waals surface area contributed by atoms with E-state index in [0.29, 0.717) is 50.9 Å². The number of hydrogen-bond acceptors (Lipinski definition) is 6. The van der Waals surface area contributed by atoms with Crippen molar-refractivity contribution in [1.82, 2.24) is 9.78 Å². The van der Waals surface area contributed by atoms with Gasteiger partial charge in [-0.25, -0.2) is 13.1 Å². The van der Waals surface area contributed by atoms with Gasteiger partial charge in [0.25, 0.3) is 0 Å². The maximum atomic E-state index is 13.8. The molecule has 0 radical (unpaired) electrons. The summed E-state index contributed by atoms with van der Waals surface area (Å²) in [5.41, 5.74) is 3.41. The van der Waals surface area contributed by atoms with Gasteiger partial charge in [-0.15, -0.1) is 0 Å². The van der Waals surface area contributed by atoms with E-state index in [0.717, 1.165) is 28.6 Å². The standard InChI is InChI=1S/C33H48N2O5SSi/c1-26-12-11-15-28(20-26)41(36,37)33(4)16-17-40-30(22-33)29-21-31(35(34-29)25-38-18-19-42(5,6)7)32(2,3)24-39-23-27-13-9-8-10-14-27/h8-15,20-21,30H,16-19,22-25H2,1-7H3. The van der Waals surface area contributed by atoms with Gasteiger partial charge >= 0.3 is 0 Å². The van der Waals surface area contributed by atoms with Gasteiger partial charge < -0.3 is 14.2 Å². The quantitative estimate of drug-likeness (QED) is 0.152. The molecule has 2 aromatic carbocycles. The Labute approximate surface area is 253 Å². The van der Waals surface area contributed by atoms with Gasteiger partial charge in [-0.3, -0.25) is 0 Å². The molecule has 0 saturated carbocycles. The average Bonchev–Trinajstić information content (AvgIpc) is 3.37. The molecule has 7 nitrogen and oxygen atoms in total. The monoisotopic (exact) mass is 612 g/mol. The summed E-state index contributed by atoms with van der Waals surface area (Å²) in [6.45, 7) is 17.4. The smallest absolute Gasteiger partial charge is 0.184 e. The molecule has 2 heterocycles. The summed E-state index contributed by atoms with van der Waals surface area (Å²) in [5.74, 6) is 0. The summed E-state index contributed by atoms with van der Waals surface area (Å²) >= 11 is 0. The maximum absolute atomic E-state index is 13.8. The van der Waals surface area contributed by atoms with Gasteiger partial charge in [0.2, 0.25) is 0 Å². The minimum absolute atomic E-state index is 0.327. The third kappa shape index (κ3) is 7.99. The van der Waals surface area contributed by atoms with Crippen LogP contribution in [-0.4, -0.2) is 50.8 Å². The van der Waals surface area contributed by atoms with Crippen molar-refractivity contribution in [2.45, 2.75) is 101 Å². The second-order valence-corrected chi connectivity index (χ2v) is 21.8. The van der Waals surface area contributed by atoms with E-state index in [2.05, 4.69) is 51.7 Å². The lowest BCUT2D eigenvalue weighted by Crippen LogP contribution is -2.42. The number of aryl methyl sites for hydroxylation is 1. The van der Waals surface area contributed by atoms with Gasteiger partial charge in [0.1, 0.15) is 12.8 Å². The summed E-state index contributed by atoms with van der Waals surface area (Å²) in [6.07, 6.45) is 0.332. The van der Waals surface area contributed by atoms with Crippen LogP contribution in [0.4, 0.5) is 0 Å². The molecule has 0 bridgehead atoms. The maximum Gasteiger partial charge on any atom is 0.184 e. The van der Waals surface area contributed by atoms with Crippen molar-refractivity contribution >= 4 is 17.9 Å². The zero-order valence-corrected chi connectivity index (χ0v) is 28.2. The Morgan fingerprint density at radius 3 is 2.50 bits per heavy atom. The Kier molecular flexibility index (Phi) is 10.2. The zero-order chi connectivity index (χ0) is 30.6. The van der Waals surface area contributed by atoms with Gasteiger partial charge in [-0.1, -0.05) is 76.0 Å². The molecule has 42 heavy (non-hydrogen) atoms. The van der Waals surface area contributed by atoms with E-state index in [-0.39, 0.29) is 5.41 Å². The fourth-order valence-corrected chi connectivity index (χ4v) is 7.96. The molecule has 1 aromatic heterocycles. The highest BCUT2D eigenvalue weighted by Gasteiger charge is 2.46. The molecule has 4 rings (SSSR count). The molecule has 9 heteroatoms. The van der Waals surface area contributed by atoms with Crippen LogP contribution in [0.5, 0.6) is 0 Å². The van der Waals surface area contributed by atoms with E-state index in [1.54, 1.807) is 18.2 Å². The normalized spacial score (nSPS) is 20.1. The van der Waals surface area contributed by atoms with Gasteiger partial charge in [0.05, 0.1) is 28.6 Å². The molecule has 2 atom stereocenters. The average molecular weight is 613 g/mol. The zero-order valence-electron chi connectivity index (χ0n) is 26.4. The number of ether oxygens (including phenoxy) is 3. The second-order valence-electron chi connectivity index (χ2n) is 13.7. The van der Waals surface area contributed by atoms with E-state index < -0.39 is 28.8 Å². The highest BCUT2D eigenvalue weighted by Crippen LogP contribution is 2.42. The Bertz CT molecular complexity index is 1430. The van der Waals surface area contributed by atoms with E-state index in [9.17, 15) is 8.42 Å². The van der Waals surface area contributed by atoms with Crippen molar-refractivity contribution in [1.29, 1.82) is 0 Å². The summed E-state index contributed by atoms with van der Waals surface area (Å²) < 4.78 is 47.1. The SMILES string of the molecule is Cc1cccc(S(=O)(=O)C2(C)CCOC(c3cc(C(C)(C)COCc4ccccc4)n(COCC[Si](C)(C)C)n3)C2)c1. The van der Waals surface area contributed by atoms with Crippen LogP contribution < -0.4 is 0 Å². The molecule has 1 aliphatic heterocycles. The molecule has 0 amide bonds. The third-order valence-electron chi connectivity index (χ3n) is 8.12. The minimum atomic E-state index is -3.58. The van der Waals surface area contributed by atoms with Crippen LogP contribution in [0.15, 0.2) is 65.6 Å². The van der Waals surface area contributed by atoms with E-state index in [4.69, 9.17) is 19.3 Å². The summed E-state index contributed by atoms with van der Waals surface area (Å²) in [5, 5.41) is 4.96. The Hall–Kier alpha value is -2.30. The van der Waals surface area contributed by atoms with Gasteiger partial charge in [0.15, 0.2) is 9.84 Å². The number of hydrogen-bond donors (Lipinski definition) is 0. The van der Waals surface area contributed by atoms with E-state index in [1.807, 2.05) is 42.8 Å². The Balaban J connectivity index is 1.57. The van der Waals surface area contributed by atoms with Crippen molar-refractivity contribution in [3.8, 4) is 0 Å². The van der Waals surface area contributed by atoms with Gasteiger partial charge in [0, 0.05) is 32.4 Å². The molecule has 1 aliphatic rings. The first kappa shape index (κ1) is 32.6. The minimum Gasteiger partial charge on any atom is -0.376 e. The second kappa shape index (κ2) is 13.1. The van der Waals surface area contributed by atoms with Crippen molar-refractivity contribution in [3.05, 3.63) is 83.2 Å². The third-order valence-corrected chi connectivity index (χ3v) is 12.4. The lowest BCUT2D eigenvalue weighted by atomic mass is 9.89. The number of aromatic nitrogens is 2. The lowest BCUT2D eigenvalue weighted by molar-refractivity contribution is -0.00340. The van der Waals surface area contributed by atoms with Crippen molar-refractivity contribution in [2.24, 2.45) is 0 Å². The van der Waals surface area contributed by atoms with Crippen LogP contribution in [0.1, 0.15) is 62.2 Å². The summed E-state index contributed by atoms with van der Waals surface area (Å²) in [6, 6.07) is 20.5. The van der Waals surface area contributed by atoms with Crippen LogP contribution >= 0.6 is 0 Å². The first-order valence-corrected chi connectivity index (χ1v) is 20.1. The molecule has 0 spiro atoms. The van der Waals surface area contributed by atoms with Crippen molar-refractivity contribution in [2.75, 3.05) is 19.8 Å². The first-order chi connectivity index (χ1) is 19.7. The number of nitrogens with zero attached hydrogens (tertiary/aromatic N) is 2. The molecule has 0 aliphatic carbocycles. The van der Waals surface area contributed by atoms with Crippen LogP contribution in [0.3, 0.4) is 0 Å². The number of sulfone groups is 1. The summed E-state index contributed by atoms with van der Waals surface area (Å²) in [7, 11) is -4.82. The Morgan fingerprint density at radius 2 is 1.81 bits per heavy atom. The highest BCUT2D eigenvalue weighted by atomic mass is 32.2. The number of rotatable bonds is 13. The molecule has 1 saturated heterocycles. The van der Waals surface area contributed by atoms with Gasteiger partial charge in [-0.05, 0) is 62.1 Å². The Morgan fingerprint density at radius 1 is 1.07 bits per heavy atom. The van der Waals surface area contributed by atoms with Crippen LogP contribution in [0.2, 0.25) is 25.7 Å². The molecular weight excluding hydrogens is 565 g/mol. The van der Waals surface area contributed by atoms with Crippen LogP contribution in [0, 0.1) is 6.92 Å². The fraction of sp³-hybridized carbons (Fsp3) is 0.545. The molecule has 2 unspecified atom stereocenters. The first-order valence-electron chi connectivity index (χ1n) is 14.9. The van der Waals surface area contributed by atoms with Gasteiger partial charge in [-0.2, -0.15) is 5.10 Å². The molecule has 230 valence electrons. The lowest BCUT2D eigenvalue weighted by Gasteiger charge is -2.37. The van der Waals surface area contributed by atoms with Crippen LogP contribution in [-0.2, 0) is 42.8 Å². The largest absolute Gasteiger partial charge is 0.376 e.